The fraction of sp³-hybridized carbons (Fsp3) is 0.615. The lowest BCUT2D eigenvalue weighted by atomic mass is 9.71. The van der Waals surface area contributed by atoms with E-state index < -0.39 is 0 Å². The summed E-state index contributed by atoms with van der Waals surface area (Å²) < 4.78 is 0. The van der Waals surface area contributed by atoms with Crippen LogP contribution in [-0.2, 0) is 0 Å². The van der Waals surface area contributed by atoms with Crippen LogP contribution in [0.4, 0.5) is 5.69 Å². The fourth-order valence-corrected chi connectivity index (χ4v) is 3.16. The van der Waals surface area contributed by atoms with Crippen molar-refractivity contribution in [3.63, 3.8) is 0 Å². The molecule has 1 aromatic rings. The highest BCUT2D eigenvalue weighted by molar-refractivity contribution is 5.46. The second kappa shape index (κ2) is 5.27. The van der Waals surface area contributed by atoms with E-state index in [1.165, 1.54) is 5.56 Å². The summed E-state index contributed by atoms with van der Waals surface area (Å²) in [6, 6.07) is 2.11. The van der Waals surface area contributed by atoms with Crippen molar-refractivity contribution in [3.05, 3.63) is 34.5 Å². The monoisotopic (exact) mass is 245 g/mol. The van der Waals surface area contributed by atoms with Crippen LogP contribution in [0.15, 0.2) is 23.6 Å². The van der Waals surface area contributed by atoms with Crippen LogP contribution < -0.4 is 5.73 Å². The molecule has 1 aliphatic carbocycles. The van der Waals surface area contributed by atoms with Crippen molar-refractivity contribution in [1.29, 1.82) is 0 Å². The molecule has 0 aromatic carbocycles. The molecule has 96 valence electrons. The molecule has 1 aliphatic rings. The van der Waals surface area contributed by atoms with Crippen molar-refractivity contribution in [3.8, 4) is 0 Å². The maximum atomic E-state index is 8.61. The summed E-state index contributed by atoms with van der Waals surface area (Å²) in [5.41, 5.74) is 16.6. The lowest BCUT2D eigenvalue weighted by molar-refractivity contribution is 0.225. The van der Waals surface area contributed by atoms with Crippen molar-refractivity contribution < 1.29 is 0 Å². The molecular formula is C13H19N5. The molecule has 2 unspecified atom stereocenters. The van der Waals surface area contributed by atoms with Gasteiger partial charge in [0, 0.05) is 17.2 Å². The summed E-state index contributed by atoms with van der Waals surface area (Å²) in [6.07, 6.45) is 5.54. The maximum Gasteiger partial charge on any atom is 0.0535 e. The van der Waals surface area contributed by atoms with Gasteiger partial charge in [-0.15, -0.1) is 0 Å². The number of nitrogens with zero attached hydrogens (tertiary/aromatic N) is 4. The lowest BCUT2D eigenvalue weighted by Crippen LogP contribution is -2.32. The Kier molecular flexibility index (Phi) is 3.72. The minimum atomic E-state index is 0.106. The van der Waals surface area contributed by atoms with Crippen LogP contribution in [0.2, 0.25) is 0 Å². The Hall–Kier alpha value is -1.74. The van der Waals surface area contributed by atoms with Crippen molar-refractivity contribution in [2.45, 2.75) is 38.6 Å². The third kappa shape index (κ3) is 2.41. The van der Waals surface area contributed by atoms with Gasteiger partial charge >= 0.3 is 0 Å². The summed E-state index contributed by atoms with van der Waals surface area (Å²) in [4.78, 5) is 7.00. The van der Waals surface area contributed by atoms with Gasteiger partial charge in [-0.25, -0.2) is 0 Å². The molecule has 18 heavy (non-hydrogen) atoms. The van der Waals surface area contributed by atoms with E-state index in [0.29, 0.717) is 17.8 Å². The van der Waals surface area contributed by atoms with E-state index in [1.54, 1.807) is 12.4 Å². The number of pyridine rings is 1. The molecule has 5 heteroatoms. The van der Waals surface area contributed by atoms with Gasteiger partial charge in [0.25, 0.3) is 0 Å². The Morgan fingerprint density at radius 3 is 2.61 bits per heavy atom. The molecule has 1 fully saturated rings. The number of anilines is 1. The number of hydrogen-bond donors (Lipinski definition) is 1. The zero-order valence-corrected chi connectivity index (χ0v) is 10.8. The molecule has 4 atom stereocenters. The molecule has 0 radical (unpaired) electrons. The minimum absolute atomic E-state index is 0.106. The lowest BCUT2D eigenvalue weighted by Gasteiger charge is -2.37. The van der Waals surface area contributed by atoms with Crippen molar-refractivity contribution >= 4 is 5.69 Å². The Bertz CT molecular complexity index is 454. The highest BCUT2D eigenvalue weighted by Crippen LogP contribution is 2.42. The largest absolute Gasteiger partial charge is 0.397 e. The predicted molar refractivity (Wildman–Crippen MR) is 71.9 cm³/mol. The van der Waals surface area contributed by atoms with Crippen molar-refractivity contribution in [2.24, 2.45) is 17.0 Å². The molecule has 0 aliphatic heterocycles. The molecule has 0 saturated heterocycles. The smallest absolute Gasteiger partial charge is 0.0535 e. The summed E-state index contributed by atoms with van der Waals surface area (Å²) in [5.74, 6) is 1.23. The van der Waals surface area contributed by atoms with E-state index in [0.717, 1.165) is 18.5 Å². The second-order valence-electron chi connectivity index (χ2n) is 5.32. The number of nitrogens with two attached hydrogens (primary N) is 1. The number of hydrogen-bond acceptors (Lipinski definition) is 3. The Labute approximate surface area is 107 Å². The summed E-state index contributed by atoms with van der Waals surface area (Å²) in [7, 11) is 0. The molecule has 1 aromatic heterocycles. The molecule has 2 N–H and O–H groups in total. The maximum absolute atomic E-state index is 8.61. The standard InChI is InChI=1S/C13H19N5/c1-8-5-10(6-9(2)13(8)17-18-15)11-3-4-16-7-12(11)14/h3-4,7-10,13H,5-6,14H2,1-2H3/t8-,9+,10?,13?. The third-order valence-corrected chi connectivity index (χ3v) is 3.99. The van der Waals surface area contributed by atoms with Gasteiger partial charge in [-0.3, -0.25) is 4.98 Å². The minimum Gasteiger partial charge on any atom is -0.397 e. The molecule has 0 bridgehead atoms. The number of aromatic nitrogens is 1. The van der Waals surface area contributed by atoms with Crippen molar-refractivity contribution in [2.75, 3.05) is 5.73 Å². The Morgan fingerprint density at radius 1 is 1.39 bits per heavy atom. The summed E-state index contributed by atoms with van der Waals surface area (Å²) in [5, 5.41) is 3.93. The first kappa shape index (κ1) is 12.7. The van der Waals surface area contributed by atoms with E-state index in [1.807, 2.05) is 6.07 Å². The van der Waals surface area contributed by atoms with Gasteiger partial charge in [0.05, 0.1) is 11.9 Å². The van der Waals surface area contributed by atoms with Crippen LogP contribution in [0.25, 0.3) is 10.4 Å². The van der Waals surface area contributed by atoms with E-state index in [4.69, 9.17) is 11.3 Å². The molecule has 1 saturated carbocycles. The molecule has 2 rings (SSSR count). The molecule has 0 spiro atoms. The van der Waals surface area contributed by atoms with E-state index in [-0.39, 0.29) is 6.04 Å². The number of nitrogen functional groups attached to an aromatic ring is 1. The summed E-state index contributed by atoms with van der Waals surface area (Å²) >= 11 is 0. The van der Waals surface area contributed by atoms with Gasteiger partial charge in [0.2, 0.25) is 0 Å². The first-order valence-electron chi connectivity index (χ1n) is 6.37. The number of azide groups is 1. The van der Waals surface area contributed by atoms with Gasteiger partial charge < -0.3 is 5.73 Å². The zero-order valence-electron chi connectivity index (χ0n) is 10.8. The Balaban J connectivity index is 2.20. The molecular weight excluding hydrogens is 226 g/mol. The number of rotatable bonds is 2. The van der Waals surface area contributed by atoms with Crippen LogP contribution in [0, 0.1) is 11.8 Å². The quantitative estimate of drug-likeness (QED) is 0.491. The normalized spacial score (nSPS) is 31.7. The SMILES string of the molecule is C[C@@H]1CC(c2ccncc2N)C[C@H](C)C1N=[N+]=[N-]. The fourth-order valence-electron chi connectivity index (χ4n) is 3.16. The average molecular weight is 245 g/mol. The first-order valence-corrected chi connectivity index (χ1v) is 6.37. The van der Waals surface area contributed by atoms with Crippen LogP contribution in [0.5, 0.6) is 0 Å². The van der Waals surface area contributed by atoms with Crippen LogP contribution in [0.1, 0.15) is 38.2 Å². The highest BCUT2D eigenvalue weighted by atomic mass is 15.2. The van der Waals surface area contributed by atoms with Crippen LogP contribution >= 0.6 is 0 Å². The highest BCUT2D eigenvalue weighted by Gasteiger charge is 2.33. The van der Waals surface area contributed by atoms with E-state index >= 15 is 0 Å². The zero-order chi connectivity index (χ0) is 13.1. The molecule has 5 nitrogen and oxygen atoms in total. The van der Waals surface area contributed by atoms with E-state index in [9.17, 15) is 0 Å². The van der Waals surface area contributed by atoms with Crippen LogP contribution in [-0.4, -0.2) is 11.0 Å². The van der Waals surface area contributed by atoms with Gasteiger partial charge in [-0.05, 0) is 47.8 Å². The third-order valence-electron chi connectivity index (χ3n) is 3.99. The van der Waals surface area contributed by atoms with E-state index in [2.05, 4.69) is 28.9 Å². The van der Waals surface area contributed by atoms with Gasteiger partial charge in [-0.2, -0.15) is 0 Å². The topological polar surface area (TPSA) is 87.7 Å². The average Bonchev–Trinajstić information content (AvgIpc) is 2.34. The van der Waals surface area contributed by atoms with Gasteiger partial charge in [-0.1, -0.05) is 19.0 Å². The van der Waals surface area contributed by atoms with Crippen molar-refractivity contribution in [1.82, 2.24) is 4.98 Å². The van der Waals surface area contributed by atoms with Gasteiger partial charge in [0.15, 0.2) is 0 Å². The molecule has 1 heterocycles. The molecule has 0 amide bonds. The Morgan fingerprint density at radius 2 is 2.06 bits per heavy atom. The first-order chi connectivity index (χ1) is 8.63. The van der Waals surface area contributed by atoms with Crippen LogP contribution in [0.3, 0.4) is 0 Å². The van der Waals surface area contributed by atoms with Gasteiger partial charge in [0.1, 0.15) is 0 Å². The second-order valence-corrected chi connectivity index (χ2v) is 5.32. The predicted octanol–water partition coefficient (Wildman–Crippen LogP) is 3.49. The summed E-state index contributed by atoms with van der Waals surface area (Å²) in [6.45, 7) is 4.30.